The highest BCUT2D eigenvalue weighted by Gasteiger charge is 2.28. The minimum absolute atomic E-state index is 0.231. The van der Waals surface area contributed by atoms with Crippen LogP contribution in [0.3, 0.4) is 0 Å². The molecule has 0 bridgehead atoms. The Morgan fingerprint density at radius 2 is 2.10 bits per heavy atom. The van der Waals surface area contributed by atoms with E-state index in [2.05, 4.69) is 22.1 Å². The van der Waals surface area contributed by atoms with Crippen LogP contribution in [0.25, 0.3) is 0 Å². The summed E-state index contributed by atoms with van der Waals surface area (Å²) in [5, 5.41) is 14.5. The predicted octanol–water partition coefficient (Wildman–Crippen LogP) is 3.26. The van der Waals surface area contributed by atoms with E-state index in [1.807, 2.05) is 35.7 Å². The van der Waals surface area contributed by atoms with Crippen molar-refractivity contribution < 1.29 is 14.3 Å². The van der Waals surface area contributed by atoms with Gasteiger partial charge >= 0.3 is 6.09 Å². The van der Waals surface area contributed by atoms with E-state index in [1.165, 1.54) is 6.33 Å². The number of aromatic nitrogens is 5. The van der Waals surface area contributed by atoms with Crippen molar-refractivity contribution in [3.63, 3.8) is 0 Å². The maximum atomic E-state index is 12.0. The topological polar surface area (TPSA) is 95.3 Å². The molecular weight excluding hydrogens is 404 g/mol. The Morgan fingerprint density at radius 1 is 1.30 bits per heavy atom. The molecule has 1 aliphatic rings. The molecule has 3 aromatic rings. The van der Waals surface area contributed by atoms with Crippen LogP contribution in [0, 0.1) is 0 Å². The first-order valence-corrected chi connectivity index (χ1v) is 10.5. The van der Waals surface area contributed by atoms with Gasteiger partial charge in [0.1, 0.15) is 24.4 Å². The summed E-state index contributed by atoms with van der Waals surface area (Å²) in [6.45, 7) is 5.09. The van der Waals surface area contributed by atoms with Crippen molar-refractivity contribution >= 4 is 17.4 Å². The van der Waals surface area contributed by atoms with Gasteiger partial charge < -0.3 is 14.4 Å². The number of likely N-dealkylation sites (tertiary alicyclic amines) is 1. The predicted molar refractivity (Wildman–Crippen MR) is 110 cm³/mol. The highest BCUT2D eigenvalue weighted by Crippen LogP contribution is 2.33. The molecule has 0 radical (unpaired) electrons. The average Bonchev–Trinajstić information content (AvgIpc) is 3.49. The summed E-state index contributed by atoms with van der Waals surface area (Å²) in [6.07, 6.45) is 3.92. The molecule has 156 valence electrons. The van der Waals surface area contributed by atoms with Gasteiger partial charge in [-0.25, -0.2) is 9.78 Å². The Morgan fingerprint density at radius 3 is 2.80 bits per heavy atom. The Labute approximate surface area is 177 Å². The molecule has 1 saturated heterocycles. The number of rotatable bonds is 7. The first-order valence-electron chi connectivity index (χ1n) is 9.66. The average molecular weight is 427 g/mol. The lowest BCUT2D eigenvalue weighted by molar-refractivity contribution is 0.102. The van der Waals surface area contributed by atoms with Gasteiger partial charge in [0.05, 0.1) is 5.01 Å². The SMILES string of the molecule is C=CCOC(=O)N1CCC(c2nc(C(Oc3ccccc3)n3cnnn3)cs2)CC1. The number of hydrogen-bond donors (Lipinski definition) is 0. The van der Waals surface area contributed by atoms with Gasteiger partial charge in [-0.05, 0) is 35.4 Å². The van der Waals surface area contributed by atoms with Gasteiger partial charge in [0.25, 0.3) is 0 Å². The molecule has 0 aliphatic carbocycles. The summed E-state index contributed by atoms with van der Waals surface area (Å²) < 4.78 is 12.8. The largest absolute Gasteiger partial charge is 0.463 e. The van der Waals surface area contributed by atoms with Crippen molar-refractivity contribution in [1.82, 2.24) is 30.1 Å². The van der Waals surface area contributed by atoms with Crippen LogP contribution in [-0.2, 0) is 4.74 Å². The monoisotopic (exact) mass is 426 g/mol. The fraction of sp³-hybridized carbons (Fsp3) is 0.350. The number of amides is 1. The van der Waals surface area contributed by atoms with Crippen LogP contribution in [0.5, 0.6) is 5.75 Å². The molecule has 30 heavy (non-hydrogen) atoms. The van der Waals surface area contributed by atoms with Gasteiger partial charge in [-0.1, -0.05) is 30.9 Å². The van der Waals surface area contributed by atoms with E-state index in [0.717, 1.165) is 23.5 Å². The van der Waals surface area contributed by atoms with Crippen molar-refractivity contribution in [2.45, 2.75) is 25.0 Å². The fourth-order valence-electron chi connectivity index (χ4n) is 3.29. The van der Waals surface area contributed by atoms with E-state index < -0.39 is 6.23 Å². The van der Waals surface area contributed by atoms with Crippen LogP contribution in [0.1, 0.15) is 35.7 Å². The summed E-state index contributed by atoms with van der Waals surface area (Å²) in [7, 11) is 0. The van der Waals surface area contributed by atoms with E-state index >= 15 is 0 Å². The molecule has 1 amide bonds. The second kappa shape index (κ2) is 9.49. The van der Waals surface area contributed by atoms with E-state index in [1.54, 1.807) is 27.0 Å². The van der Waals surface area contributed by atoms with Gasteiger partial charge in [-0.2, -0.15) is 4.68 Å². The molecule has 0 N–H and O–H groups in total. The third-order valence-electron chi connectivity index (χ3n) is 4.82. The number of ether oxygens (including phenoxy) is 2. The van der Waals surface area contributed by atoms with Crippen LogP contribution in [0.15, 0.2) is 54.7 Å². The third-order valence-corrected chi connectivity index (χ3v) is 5.84. The summed E-state index contributed by atoms with van der Waals surface area (Å²) in [5.74, 6) is 0.998. The molecular formula is C20H22N6O3S. The van der Waals surface area contributed by atoms with Gasteiger partial charge in [0, 0.05) is 24.4 Å². The molecule has 1 fully saturated rings. The van der Waals surface area contributed by atoms with Crippen molar-refractivity contribution in [3.8, 4) is 5.75 Å². The van der Waals surface area contributed by atoms with Gasteiger partial charge in [-0.15, -0.1) is 16.4 Å². The number of carbonyl (C=O) groups is 1. The molecule has 3 heterocycles. The summed E-state index contributed by atoms with van der Waals surface area (Å²) in [4.78, 5) is 18.6. The first-order chi connectivity index (χ1) is 14.7. The second-order valence-electron chi connectivity index (χ2n) is 6.81. The molecule has 1 atom stereocenters. The van der Waals surface area contributed by atoms with Gasteiger partial charge in [0.2, 0.25) is 6.23 Å². The smallest absolute Gasteiger partial charge is 0.410 e. The highest BCUT2D eigenvalue weighted by atomic mass is 32.1. The lowest BCUT2D eigenvalue weighted by atomic mass is 9.98. The summed E-state index contributed by atoms with van der Waals surface area (Å²) >= 11 is 1.59. The fourth-order valence-corrected chi connectivity index (χ4v) is 4.28. The van der Waals surface area contributed by atoms with Crippen LogP contribution < -0.4 is 4.74 Å². The summed E-state index contributed by atoms with van der Waals surface area (Å²) in [5.41, 5.74) is 0.749. The Kier molecular flexibility index (Phi) is 6.33. The highest BCUT2D eigenvalue weighted by molar-refractivity contribution is 7.09. The Balaban J connectivity index is 1.44. The van der Waals surface area contributed by atoms with Crippen LogP contribution in [0.2, 0.25) is 0 Å². The number of hydrogen-bond acceptors (Lipinski definition) is 8. The number of tetrazole rings is 1. The van der Waals surface area contributed by atoms with Crippen LogP contribution >= 0.6 is 11.3 Å². The molecule has 1 unspecified atom stereocenters. The standard InChI is InChI=1S/C20H22N6O3S/c1-2-12-28-20(27)25-10-8-15(9-11-25)18-22-17(13-30-18)19(26-14-21-23-24-26)29-16-6-4-3-5-7-16/h2-7,13-15,19H,1,8-12H2. The van der Waals surface area contributed by atoms with Gasteiger partial charge in [0.15, 0.2) is 0 Å². The summed E-state index contributed by atoms with van der Waals surface area (Å²) in [6, 6.07) is 9.51. The maximum Gasteiger partial charge on any atom is 0.410 e. The van der Waals surface area contributed by atoms with Gasteiger partial charge in [-0.3, -0.25) is 0 Å². The number of piperidine rings is 1. The Bertz CT molecular complexity index is 954. The quantitative estimate of drug-likeness (QED) is 0.535. The lowest BCUT2D eigenvalue weighted by Gasteiger charge is -2.30. The van der Waals surface area contributed by atoms with Crippen molar-refractivity contribution in [1.29, 1.82) is 0 Å². The molecule has 0 spiro atoms. The third kappa shape index (κ3) is 4.65. The molecule has 2 aromatic heterocycles. The first kappa shape index (κ1) is 20.0. The van der Waals surface area contributed by atoms with Crippen LogP contribution in [-0.4, -0.2) is 55.9 Å². The molecule has 10 heteroatoms. The van der Waals surface area contributed by atoms with E-state index in [4.69, 9.17) is 14.5 Å². The van der Waals surface area contributed by atoms with Crippen molar-refractivity contribution in [3.05, 3.63) is 65.4 Å². The number of nitrogens with zero attached hydrogens (tertiary/aromatic N) is 6. The van der Waals surface area contributed by atoms with Crippen molar-refractivity contribution in [2.75, 3.05) is 19.7 Å². The van der Waals surface area contributed by atoms with Crippen molar-refractivity contribution in [2.24, 2.45) is 0 Å². The zero-order valence-corrected chi connectivity index (χ0v) is 17.1. The Hall–Kier alpha value is -3.27. The van der Waals surface area contributed by atoms with E-state index in [9.17, 15) is 4.79 Å². The zero-order valence-electron chi connectivity index (χ0n) is 16.3. The molecule has 1 aliphatic heterocycles. The minimum atomic E-state index is -0.554. The number of para-hydroxylation sites is 1. The zero-order chi connectivity index (χ0) is 20.8. The molecule has 0 saturated carbocycles. The lowest BCUT2D eigenvalue weighted by Crippen LogP contribution is -2.38. The second-order valence-corrected chi connectivity index (χ2v) is 7.70. The van der Waals surface area contributed by atoms with E-state index in [0.29, 0.717) is 24.8 Å². The molecule has 9 nitrogen and oxygen atoms in total. The number of benzene rings is 1. The number of thiazole rings is 1. The molecule has 4 rings (SSSR count). The minimum Gasteiger partial charge on any atom is -0.463 e. The maximum absolute atomic E-state index is 12.0. The normalized spacial score (nSPS) is 15.5. The molecule has 1 aromatic carbocycles. The number of carbonyl (C=O) groups excluding carboxylic acids is 1. The van der Waals surface area contributed by atoms with Crippen LogP contribution in [0.4, 0.5) is 4.79 Å². The van der Waals surface area contributed by atoms with E-state index in [-0.39, 0.29) is 12.7 Å².